The molecule has 1 atom stereocenters. The Morgan fingerprint density at radius 1 is 1.07 bits per heavy atom. The van der Waals surface area contributed by atoms with Crippen molar-refractivity contribution in [2.75, 3.05) is 6.54 Å². The first-order chi connectivity index (χ1) is 13.0. The number of urea groups is 1. The van der Waals surface area contributed by atoms with Crippen LogP contribution in [0.5, 0.6) is 0 Å². The number of halogens is 1. The molecule has 2 aromatic carbocycles. The minimum atomic E-state index is -0.568. The summed E-state index contributed by atoms with van der Waals surface area (Å²) >= 11 is 6.21. The van der Waals surface area contributed by atoms with Gasteiger partial charge < -0.3 is 15.1 Å². The van der Waals surface area contributed by atoms with Gasteiger partial charge in [0.15, 0.2) is 0 Å². The van der Waals surface area contributed by atoms with Crippen LogP contribution in [0.4, 0.5) is 4.79 Å². The lowest BCUT2D eigenvalue weighted by atomic mass is 10.1. The van der Waals surface area contributed by atoms with Gasteiger partial charge in [-0.05, 0) is 23.6 Å². The van der Waals surface area contributed by atoms with Crippen LogP contribution in [0.25, 0.3) is 11.5 Å². The molecule has 2 amide bonds. The second kappa shape index (κ2) is 8.68. The summed E-state index contributed by atoms with van der Waals surface area (Å²) in [5, 5.41) is 14.5. The number of benzene rings is 2. The van der Waals surface area contributed by atoms with E-state index in [1.807, 2.05) is 56.3 Å². The Bertz CT molecular complexity index is 896. The van der Waals surface area contributed by atoms with Crippen LogP contribution in [0.15, 0.2) is 59.0 Å². The van der Waals surface area contributed by atoms with Crippen LogP contribution in [0.3, 0.4) is 0 Å². The first kappa shape index (κ1) is 18.9. The number of rotatable bonds is 6. The number of nitrogens with one attached hydrogen (secondary N) is 2. The van der Waals surface area contributed by atoms with E-state index in [0.29, 0.717) is 28.9 Å². The number of carbonyl (C=O) groups is 1. The highest BCUT2D eigenvalue weighted by atomic mass is 35.5. The zero-order valence-corrected chi connectivity index (χ0v) is 15.9. The smallest absolute Gasteiger partial charge is 0.315 e. The molecule has 7 heteroatoms. The van der Waals surface area contributed by atoms with Crippen molar-refractivity contribution in [1.29, 1.82) is 0 Å². The van der Waals surface area contributed by atoms with Crippen LogP contribution >= 0.6 is 11.6 Å². The summed E-state index contributed by atoms with van der Waals surface area (Å²) in [7, 11) is 0. The molecule has 0 bridgehead atoms. The maximum Gasteiger partial charge on any atom is 0.315 e. The number of aromatic nitrogens is 2. The predicted molar refractivity (Wildman–Crippen MR) is 104 cm³/mol. The maximum atomic E-state index is 12.3. The van der Waals surface area contributed by atoms with E-state index < -0.39 is 6.04 Å². The number of hydrogen-bond donors (Lipinski definition) is 2. The summed E-state index contributed by atoms with van der Waals surface area (Å²) < 4.78 is 5.84. The Morgan fingerprint density at radius 2 is 1.78 bits per heavy atom. The molecule has 2 N–H and O–H groups in total. The summed E-state index contributed by atoms with van der Waals surface area (Å²) in [6.45, 7) is 4.63. The molecule has 1 unspecified atom stereocenters. The van der Waals surface area contributed by atoms with E-state index in [1.165, 1.54) is 0 Å². The van der Waals surface area contributed by atoms with Gasteiger partial charge in [0.05, 0.1) is 10.6 Å². The van der Waals surface area contributed by atoms with Gasteiger partial charge in [0.2, 0.25) is 11.8 Å². The van der Waals surface area contributed by atoms with E-state index in [2.05, 4.69) is 20.8 Å². The lowest BCUT2D eigenvalue weighted by Crippen LogP contribution is -2.40. The fourth-order valence-corrected chi connectivity index (χ4v) is 2.72. The van der Waals surface area contributed by atoms with E-state index >= 15 is 0 Å². The van der Waals surface area contributed by atoms with Crippen molar-refractivity contribution in [3.8, 4) is 11.5 Å². The summed E-state index contributed by atoms with van der Waals surface area (Å²) in [6.07, 6.45) is 0. The van der Waals surface area contributed by atoms with Gasteiger partial charge in [-0.25, -0.2) is 4.79 Å². The lowest BCUT2D eigenvalue weighted by molar-refractivity contribution is 0.235. The van der Waals surface area contributed by atoms with E-state index in [-0.39, 0.29) is 11.9 Å². The molecular formula is C20H21ClN4O2. The molecule has 140 valence electrons. The molecular weight excluding hydrogens is 364 g/mol. The second-order valence-corrected chi connectivity index (χ2v) is 6.92. The molecule has 27 heavy (non-hydrogen) atoms. The Hall–Kier alpha value is -2.86. The zero-order valence-electron chi connectivity index (χ0n) is 15.1. The van der Waals surface area contributed by atoms with Crippen LogP contribution in [-0.4, -0.2) is 22.8 Å². The summed E-state index contributed by atoms with van der Waals surface area (Å²) in [5.41, 5.74) is 1.49. The normalized spacial score (nSPS) is 12.0. The molecule has 0 aliphatic carbocycles. The number of amides is 2. The van der Waals surface area contributed by atoms with Crippen molar-refractivity contribution in [2.45, 2.75) is 19.9 Å². The average Bonchev–Trinajstić information content (AvgIpc) is 3.15. The van der Waals surface area contributed by atoms with Crippen molar-refractivity contribution < 1.29 is 9.21 Å². The van der Waals surface area contributed by atoms with Crippen LogP contribution in [-0.2, 0) is 0 Å². The van der Waals surface area contributed by atoms with Crippen LogP contribution in [0, 0.1) is 5.92 Å². The number of carbonyl (C=O) groups excluding carboxylic acids is 1. The average molecular weight is 385 g/mol. The van der Waals surface area contributed by atoms with Gasteiger partial charge in [0.1, 0.15) is 6.04 Å². The van der Waals surface area contributed by atoms with E-state index in [9.17, 15) is 4.79 Å². The SMILES string of the molecule is CC(C)CNC(=O)NC(c1ccccc1)c1nnc(-c2ccccc2Cl)o1. The molecule has 0 aliphatic rings. The highest BCUT2D eigenvalue weighted by Gasteiger charge is 2.23. The van der Waals surface area contributed by atoms with Crippen LogP contribution in [0.2, 0.25) is 5.02 Å². The minimum Gasteiger partial charge on any atom is -0.418 e. The molecule has 0 radical (unpaired) electrons. The third-order valence-corrected chi connectivity index (χ3v) is 4.20. The Labute approximate surface area is 163 Å². The van der Waals surface area contributed by atoms with Gasteiger partial charge in [-0.2, -0.15) is 0 Å². The molecule has 0 spiro atoms. The largest absolute Gasteiger partial charge is 0.418 e. The van der Waals surface area contributed by atoms with Gasteiger partial charge in [-0.15, -0.1) is 10.2 Å². The topological polar surface area (TPSA) is 80.0 Å². The van der Waals surface area contributed by atoms with Crippen LogP contribution in [0.1, 0.15) is 31.3 Å². The van der Waals surface area contributed by atoms with Crippen molar-refractivity contribution in [1.82, 2.24) is 20.8 Å². The van der Waals surface area contributed by atoms with Gasteiger partial charge in [0.25, 0.3) is 0 Å². The molecule has 1 aromatic heterocycles. The first-order valence-electron chi connectivity index (χ1n) is 8.72. The van der Waals surface area contributed by atoms with Crippen LogP contribution < -0.4 is 10.6 Å². The van der Waals surface area contributed by atoms with Crippen molar-refractivity contribution >= 4 is 17.6 Å². The van der Waals surface area contributed by atoms with Gasteiger partial charge >= 0.3 is 6.03 Å². The van der Waals surface area contributed by atoms with Gasteiger partial charge in [0, 0.05) is 6.54 Å². The Morgan fingerprint density at radius 3 is 2.48 bits per heavy atom. The molecule has 0 saturated carbocycles. The van der Waals surface area contributed by atoms with Gasteiger partial charge in [-0.3, -0.25) is 0 Å². The van der Waals surface area contributed by atoms with Crippen molar-refractivity contribution in [3.63, 3.8) is 0 Å². The predicted octanol–water partition coefficient (Wildman–Crippen LogP) is 4.43. The highest BCUT2D eigenvalue weighted by Crippen LogP contribution is 2.29. The lowest BCUT2D eigenvalue weighted by Gasteiger charge is -2.17. The quantitative estimate of drug-likeness (QED) is 0.658. The highest BCUT2D eigenvalue weighted by molar-refractivity contribution is 6.33. The first-order valence-corrected chi connectivity index (χ1v) is 9.10. The summed E-state index contributed by atoms with van der Waals surface area (Å²) in [6, 6.07) is 15.9. The Kier molecular flexibility index (Phi) is 6.08. The molecule has 0 saturated heterocycles. The standard InChI is InChI=1S/C20H21ClN4O2/c1-13(2)12-22-20(26)23-17(14-8-4-3-5-9-14)19-25-24-18(27-19)15-10-6-7-11-16(15)21/h3-11,13,17H,12H2,1-2H3,(H2,22,23,26). The number of nitrogens with zero attached hydrogens (tertiary/aromatic N) is 2. The molecule has 3 aromatic rings. The van der Waals surface area contributed by atoms with Crippen molar-refractivity contribution in [2.24, 2.45) is 5.92 Å². The molecule has 0 aliphatic heterocycles. The minimum absolute atomic E-state index is 0.288. The van der Waals surface area contributed by atoms with Crippen molar-refractivity contribution in [3.05, 3.63) is 71.1 Å². The molecule has 1 heterocycles. The molecule has 6 nitrogen and oxygen atoms in total. The van der Waals surface area contributed by atoms with E-state index in [0.717, 1.165) is 5.56 Å². The van der Waals surface area contributed by atoms with E-state index in [1.54, 1.807) is 12.1 Å². The molecule has 0 fully saturated rings. The monoisotopic (exact) mass is 384 g/mol. The fourth-order valence-electron chi connectivity index (χ4n) is 2.51. The maximum absolute atomic E-state index is 12.3. The van der Waals surface area contributed by atoms with E-state index in [4.69, 9.17) is 16.0 Å². The van der Waals surface area contributed by atoms with Gasteiger partial charge in [-0.1, -0.05) is 67.9 Å². The third kappa shape index (κ3) is 4.86. The molecule has 3 rings (SSSR count). The Balaban J connectivity index is 1.87. The summed E-state index contributed by atoms with van der Waals surface area (Å²) in [4.78, 5) is 12.3. The fraction of sp³-hybridized carbons (Fsp3) is 0.250. The second-order valence-electron chi connectivity index (χ2n) is 6.52. The zero-order chi connectivity index (χ0) is 19.2. The third-order valence-electron chi connectivity index (χ3n) is 3.87. The number of hydrogen-bond acceptors (Lipinski definition) is 4. The summed E-state index contributed by atoms with van der Waals surface area (Å²) in [5.74, 6) is 0.942.